The van der Waals surface area contributed by atoms with Crippen molar-refractivity contribution in [3.8, 4) is 17.1 Å². The van der Waals surface area contributed by atoms with Crippen LogP contribution in [-0.2, 0) is 6.42 Å². The predicted molar refractivity (Wildman–Crippen MR) is 223 cm³/mol. The summed E-state index contributed by atoms with van der Waals surface area (Å²) in [5, 5.41) is 6.99. The summed E-state index contributed by atoms with van der Waals surface area (Å²) >= 11 is 0. The van der Waals surface area contributed by atoms with E-state index < -0.39 is 0 Å². The summed E-state index contributed by atoms with van der Waals surface area (Å²) in [5.74, 6) is 1.55. The number of allylic oxidation sites excluding steroid dienone is 2. The number of nitrogens with two attached hydrogens (primary N) is 1. The molecule has 53 heavy (non-hydrogen) atoms. The molecular weight excluding hydrogens is 649 g/mol. The zero-order valence-electron chi connectivity index (χ0n) is 29.5. The molecule has 0 radical (unpaired) electrons. The molecule has 2 N–H and O–H groups in total. The SMILES string of the molecule is C/C=C\c1c(N)c2c(ccc3c4ccc5c(c6ccccc6n5-c5ccc6oc7c(c6c5)C=CC(C)C7)c4n(-c4ccccc4)c32)n1-c1ccccc1. The molecule has 11 rings (SSSR count). The number of rotatable bonds is 4. The fraction of sp³-hybridized carbons (Fsp3) is 0.0833. The highest BCUT2D eigenvalue weighted by Gasteiger charge is 2.26. The van der Waals surface area contributed by atoms with Gasteiger partial charge in [-0.3, -0.25) is 0 Å². The minimum atomic E-state index is 0.474. The van der Waals surface area contributed by atoms with Crippen molar-refractivity contribution in [2.75, 3.05) is 5.73 Å². The van der Waals surface area contributed by atoms with Crippen LogP contribution in [0.25, 0.3) is 94.7 Å². The molecule has 0 spiro atoms. The Balaban J connectivity index is 1.30. The van der Waals surface area contributed by atoms with Crippen LogP contribution in [0, 0.1) is 5.92 Å². The molecule has 0 aliphatic heterocycles. The maximum Gasteiger partial charge on any atom is 0.135 e. The van der Waals surface area contributed by atoms with Crippen LogP contribution in [0.15, 0.2) is 144 Å². The van der Waals surface area contributed by atoms with E-state index in [9.17, 15) is 0 Å². The van der Waals surface area contributed by atoms with Crippen LogP contribution in [-0.4, -0.2) is 13.7 Å². The molecule has 6 aromatic carbocycles. The number of furan rings is 1. The van der Waals surface area contributed by atoms with Crippen molar-refractivity contribution in [3.63, 3.8) is 0 Å². The molecular formula is C48H36N4O. The quantitative estimate of drug-likeness (QED) is 0.201. The summed E-state index contributed by atoms with van der Waals surface area (Å²) in [6.07, 6.45) is 9.66. The third-order valence-corrected chi connectivity index (χ3v) is 11.2. The zero-order chi connectivity index (χ0) is 35.4. The van der Waals surface area contributed by atoms with Gasteiger partial charge in [0, 0.05) is 61.4 Å². The van der Waals surface area contributed by atoms with Crippen molar-refractivity contribution in [1.29, 1.82) is 0 Å². The van der Waals surface area contributed by atoms with E-state index in [0.29, 0.717) is 5.92 Å². The lowest BCUT2D eigenvalue weighted by Crippen LogP contribution is -2.00. The number of aromatic nitrogens is 3. The van der Waals surface area contributed by atoms with Crippen molar-refractivity contribution in [3.05, 3.63) is 157 Å². The monoisotopic (exact) mass is 684 g/mol. The summed E-state index contributed by atoms with van der Waals surface area (Å²) in [6, 6.07) is 45.8. The third-order valence-electron chi connectivity index (χ3n) is 11.2. The molecule has 4 aromatic heterocycles. The van der Waals surface area contributed by atoms with Crippen LogP contribution in [0.1, 0.15) is 30.9 Å². The van der Waals surface area contributed by atoms with E-state index >= 15 is 0 Å². The van der Waals surface area contributed by atoms with Gasteiger partial charge in [-0.25, -0.2) is 0 Å². The molecule has 0 bridgehead atoms. The van der Waals surface area contributed by atoms with Gasteiger partial charge in [-0.2, -0.15) is 0 Å². The van der Waals surface area contributed by atoms with Crippen molar-refractivity contribution in [2.45, 2.75) is 20.3 Å². The minimum Gasteiger partial charge on any atom is -0.460 e. The molecule has 0 fully saturated rings. The first-order valence-electron chi connectivity index (χ1n) is 18.4. The Morgan fingerprint density at radius 3 is 2.02 bits per heavy atom. The molecule has 254 valence electrons. The summed E-state index contributed by atoms with van der Waals surface area (Å²) < 4.78 is 13.6. The second kappa shape index (κ2) is 11.1. The number of para-hydroxylation sites is 3. The molecule has 1 unspecified atom stereocenters. The summed E-state index contributed by atoms with van der Waals surface area (Å²) in [4.78, 5) is 0. The minimum absolute atomic E-state index is 0.474. The molecule has 1 aliphatic rings. The largest absolute Gasteiger partial charge is 0.460 e. The number of anilines is 1. The van der Waals surface area contributed by atoms with Gasteiger partial charge in [0.25, 0.3) is 0 Å². The van der Waals surface area contributed by atoms with Crippen molar-refractivity contribution >= 4 is 83.3 Å². The Kier molecular flexibility index (Phi) is 6.30. The highest BCUT2D eigenvalue weighted by molar-refractivity contribution is 6.30. The summed E-state index contributed by atoms with van der Waals surface area (Å²) in [6.45, 7) is 4.29. The molecule has 1 atom stereocenters. The lowest BCUT2D eigenvalue weighted by atomic mass is 9.95. The van der Waals surface area contributed by atoms with Crippen LogP contribution < -0.4 is 5.73 Å². The van der Waals surface area contributed by atoms with Crippen molar-refractivity contribution < 1.29 is 4.42 Å². The Morgan fingerprint density at radius 2 is 1.28 bits per heavy atom. The van der Waals surface area contributed by atoms with Gasteiger partial charge in [0.1, 0.15) is 11.3 Å². The van der Waals surface area contributed by atoms with E-state index in [1.54, 1.807) is 0 Å². The highest BCUT2D eigenvalue weighted by atomic mass is 16.3. The van der Waals surface area contributed by atoms with Gasteiger partial charge in [0.15, 0.2) is 0 Å². The van der Waals surface area contributed by atoms with Crippen LogP contribution in [0.5, 0.6) is 0 Å². The summed E-state index contributed by atoms with van der Waals surface area (Å²) in [5.41, 5.74) is 20.1. The number of benzene rings is 6. The van der Waals surface area contributed by atoms with E-state index in [1.165, 1.54) is 32.6 Å². The van der Waals surface area contributed by atoms with Gasteiger partial charge in [0.05, 0.1) is 39.0 Å². The van der Waals surface area contributed by atoms with Crippen molar-refractivity contribution in [2.24, 2.45) is 5.92 Å². The maximum absolute atomic E-state index is 7.27. The lowest BCUT2D eigenvalue weighted by Gasteiger charge is -2.11. The Bertz CT molecular complexity index is 3170. The fourth-order valence-electron chi connectivity index (χ4n) is 9.00. The lowest BCUT2D eigenvalue weighted by molar-refractivity contribution is 0.513. The molecule has 0 saturated carbocycles. The first-order chi connectivity index (χ1) is 26.1. The molecule has 5 nitrogen and oxygen atoms in total. The maximum atomic E-state index is 7.27. The smallest absolute Gasteiger partial charge is 0.135 e. The van der Waals surface area contributed by atoms with Crippen LogP contribution in [0.4, 0.5) is 5.69 Å². The molecule has 5 heteroatoms. The first-order valence-corrected chi connectivity index (χ1v) is 18.4. The van der Waals surface area contributed by atoms with E-state index in [1.807, 2.05) is 6.92 Å². The standard InChI is InChI=1S/C48H36N4O/c1-3-12-41-46(49)45-40(50(41)30-13-6-4-7-14-30)25-23-35-34-22-24-39-44(47(34)52(48(35)45)31-15-8-5-9-16-31)36-17-10-11-18-38(36)51(39)32-20-26-42-37(28-32)33-21-19-29(2)27-43(33)53-42/h3-26,28-29H,27,49H2,1-2H3/b12-3-. The van der Waals surface area contributed by atoms with E-state index in [2.05, 4.69) is 172 Å². The Hall–Kier alpha value is -6.72. The van der Waals surface area contributed by atoms with E-state index in [-0.39, 0.29) is 0 Å². The van der Waals surface area contributed by atoms with Crippen molar-refractivity contribution in [1.82, 2.24) is 13.7 Å². The number of nitrogen functional groups attached to an aromatic ring is 1. The number of hydrogen-bond donors (Lipinski definition) is 1. The second-order valence-corrected chi connectivity index (χ2v) is 14.4. The van der Waals surface area contributed by atoms with Gasteiger partial charge in [-0.05, 0) is 79.6 Å². The average molecular weight is 685 g/mol. The average Bonchev–Trinajstić information content (AvgIpc) is 3.91. The molecule has 10 aromatic rings. The number of hydrogen-bond acceptors (Lipinski definition) is 2. The highest BCUT2D eigenvalue weighted by Crippen LogP contribution is 2.46. The molecule has 0 saturated heterocycles. The molecule has 1 aliphatic carbocycles. The fourth-order valence-corrected chi connectivity index (χ4v) is 9.00. The van der Waals surface area contributed by atoms with Gasteiger partial charge >= 0.3 is 0 Å². The number of nitrogens with zero attached hydrogens (tertiary/aromatic N) is 3. The van der Waals surface area contributed by atoms with E-state index in [0.717, 1.165) is 79.0 Å². The summed E-state index contributed by atoms with van der Waals surface area (Å²) in [7, 11) is 0. The van der Waals surface area contributed by atoms with Crippen LogP contribution in [0.2, 0.25) is 0 Å². The second-order valence-electron chi connectivity index (χ2n) is 14.4. The predicted octanol–water partition coefficient (Wildman–Crippen LogP) is 12.4. The van der Waals surface area contributed by atoms with Gasteiger partial charge in [0.2, 0.25) is 0 Å². The Morgan fingerprint density at radius 1 is 0.623 bits per heavy atom. The normalized spacial score (nSPS) is 14.6. The van der Waals surface area contributed by atoms with E-state index in [4.69, 9.17) is 10.2 Å². The third kappa shape index (κ3) is 4.13. The van der Waals surface area contributed by atoms with Gasteiger partial charge in [-0.1, -0.05) is 91.9 Å². The topological polar surface area (TPSA) is 54.0 Å². The molecule has 0 amide bonds. The van der Waals surface area contributed by atoms with Crippen LogP contribution >= 0.6 is 0 Å². The molecule has 4 heterocycles. The first kappa shape index (κ1) is 30.0. The van der Waals surface area contributed by atoms with Gasteiger partial charge < -0.3 is 23.9 Å². The zero-order valence-corrected chi connectivity index (χ0v) is 29.5. The van der Waals surface area contributed by atoms with Crippen LogP contribution in [0.3, 0.4) is 0 Å². The number of fused-ring (bicyclic) bond motifs is 12. The Labute approximate surface area is 306 Å². The van der Waals surface area contributed by atoms with Gasteiger partial charge in [-0.15, -0.1) is 0 Å².